The first kappa shape index (κ1) is 16.4. The Labute approximate surface area is 116 Å². The Balaban J connectivity index is 2.33. The molecule has 8 heteroatoms. The quantitative estimate of drug-likeness (QED) is 0.460. The van der Waals surface area contributed by atoms with Crippen LogP contribution in [0.15, 0.2) is 0 Å². The zero-order valence-electron chi connectivity index (χ0n) is 11.1. The minimum Gasteiger partial charge on any atom is -0.481 e. The van der Waals surface area contributed by atoms with Crippen LogP contribution in [0.1, 0.15) is 25.7 Å². The SMILES string of the molecule is O=C(O)CCC[C@@H](NC(=O)CC1CNCCO1)C(=O)O. The smallest absolute Gasteiger partial charge is 0.326 e. The maximum Gasteiger partial charge on any atom is 0.326 e. The number of carboxylic acid groups (broad SMARTS) is 2. The zero-order valence-corrected chi connectivity index (χ0v) is 11.1. The van der Waals surface area contributed by atoms with Gasteiger partial charge in [0.05, 0.1) is 19.1 Å². The second-order valence-corrected chi connectivity index (χ2v) is 4.65. The van der Waals surface area contributed by atoms with Crippen molar-refractivity contribution in [2.24, 2.45) is 0 Å². The molecule has 1 fully saturated rings. The van der Waals surface area contributed by atoms with E-state index in [9.17, 15) is 14.4 Å². The number of hydrogen-bond acceptors (Lipinski definition) is 5. The minimum atomic E-state index is -1.16. The Kier molecular flexibility index (Phi) is 6.96. The molecule has 1 rings (SSSR count). The lowest BCUT2D eigenvalue weighted by Gasteiger charge is -2.23. The molecule has 1 heterocycles. The molecule has 114 valence electrons. The Morgan fingerprint density at radius 1 is 1.35 bits per heavy atom. The van der Waals surface area contributed by atoms with Gasteiger partial charge in [0, 0.05) is 19.5 Å². The van der Waals surface area contributed by atoms with Crippen molar-refractivity contribution in [3.8, 4) is 0 Å². The van der Waals surface area contributed by atoms with E-state index < -0.39 is 23.9 Å². The molecule has 0 aromatic heterocycles. The number of aliphatic carboxylic acids is 2. The molecule has 1 amide bonds. The van der Waals surface area contributed by atoms with Crippen LogP contribution in [0.3, 0.4) is 0 Å². The van der Waals surface area contributed by atoms with Crippen LogP contribution in [0.4, 0.5) is 0 Å². The number of hydrogen-bond donors (Lipinski definition) is 4. The van der Waals surface area contributed by atoms with Crippen molar-refractivity contribution in [2.45, 2.75) is 37.8 Å². The van der Waals surface area contributed by atoms with Gasteiger partial charge >= 0.3 is 11.9 Å². The molecule has 0 bridgehead atoms. The molecule has 1 aliphatic heterocycles. The predicted molar refractivity (Wildman–Crippen MR) is 68.3 cm³/mol. The fourth-order valence-corrected chi connectivity index (χ4v) is 1.93. The maximum atomic E-state index is 11.7. The molecule has 1 aliphatic rings. The van der Waals surface area contributed by atoms with Gasteiger partial charge in [-0.3, -0.25) is 9.59 Å². The van der Waals surface area contributed by atoms with E-state index in [2.05, 4.69) is 10.6 Å². The topological polar surface area (TPSA) is 125 Å². The Hall–Kier alpha value is -1.67. The summed E-state index contributed by atoms with van der Waals surface area (Å²) in [4.78, 5) is 33.1. The van der Waals surface area contributed by atoms with E-state index in [0.29, 0.717) is 13.2 Å². The van der Waals surface area contributed by atoms with Crippen LogP contribution in [-0.4, -0.2) is 59.9 Å². The number of amides is 1. The molecule has 20 heavy (non-hydrogen) atoms. The highest BCUT2D eigenvalue weighted by molar-refractivity contribution is 5.83. The van der Waals surface area contributed by atoms with E-state index in [1.807, 2.05) is 0 Å². The summed E-state index contributed by atoms with van der Waals surface area (Å²) in [6.07, 6.45) is 0.0215. The summed E-state index contributed by atoms with van der Waals surface area (Å²) >= 11 is 0. The number of rotatable bonds is 8. The molecule has 1 unspecified atom stereocenters. The Bertz CT molecular complexity index is 354. The Morgan fingerprint density at radius 2 is 2.10 bits per heavy atom. The van der Waals surface area contributed by atoms with Gasteiger partial charge in [-0.05, 0) is 12.8 Å². The highest BCUT2D eigenvalue weighted by Gasteiger charge is 2.23. The van der Waals surface area contributed by atoms with E-state index in [4.69, 9.17) is 14.9 Å². The summed E-state index contributed by atoms with van der Waals surface area (Å²) in [6.45, 7) is 1.83. The molecule has 8 nitrogen and oxygen atoms in total. The van der Waals surface area contributed by atoms with Crippen molar-refractivity contribution in [1.82, 2.24) is 10.6 Å². The molecule has 0 aromatic carbocycles. The fourth-order valence-electron chi connectivity index (χ4n) is 1.93. The molecule has 0 aromatic rings. The largest absolute Gasteiger partial charge is 0.481 e. The lowest BCUT2D eigenvalue weighted by Crippen LogP contribution is -2.45. The first-order valence-corrected chi connectivity index (χ1v) is 6.55. The lowest BCUT2D eigenvalue weighted by atomic mass is 10.1. The molecular weight excluding hydrogens is 268 g/mol. The predicted octanol–water partition coefficient (Wildman–Crippen LogP) is -0.811. The number of carboxylic acids is 2. The van der Waals surface area contributed by atoms with Crippen LogP contribution in [0.5, 0.6) is 0 Å². The average molecular weight is 288 g/mol. The van der Waals surface area contributed by atoms with Gasteiger partial charge in [-0.15, -0.1) is 0 Å². The van der Waals surface area contributed by atoms with Gasteiger partial charge in [0.1, 0.15) is 6.04 Å². The van der Waals surface area contributed by atoms with E-state index in [1.54, 1.807) is 0 Å². The normalized spacial score (nSPS) is 20.1. The van der Waals surface area contributed by atoms with Crippen molar-refractivity contribution in [3.05, 3.63) is 0 Å². The molecule has 1 saturated heterocycles. The number of ether oxygens (including phenoxy) is 1. The van der Waals surface area contributed by atoms with Gasteiger partial charge < -0.3 is 25.6 Å². The van der Waals surface area contributed by atoms with Crippen LogP contribution >= 0.6 is 0 Å². The van der Waals surface area contributed by atoms with Gasteiger partial charge in [0.25, 0.3) is 0 Å². The first-order chi connectivity index (χ1) is 9.49. The van der Waals surface area contributed by atoms with Crippen LogP contribution in [-0.2, 0) is 19.1 Å². The minimum absolute atomic E-state index is 0.0930. The lowest BCUT2D eigenvalue weighted by molar-refractivity contribution is -0.143. The molecule has 4 N–H and O–H groups in total. The molecule has 0 spiro atoms. The van der Waals surface area contributed by atoms with Crippen LogP contribution in [0.25, 0.3) is 0 Å². The molecule has 0 radical (unpaired) electrons. The molecule has 0 aliphatic carbocycles. The number of morpholine rings is 1. The molecular formula is C12H20N2O6. The van der Waals surface area contributed by atoms with Gasteiger partial charge in [0.15, 0.2) is 0 Å². The maximum absolute atomic E-state index is 11.7. The molecule has 0 saturated carbocycles. The third kappa shape index (κ3) is 6.48. The second kappa shape index (κ2) is 8.49. The number of nitrogens with one attached hydrogen (secondary N) is 2. The summed E-state index contributed by atoms with van der Waals surface area (Å²) in [7, 11) is 0. The van der Waals surface area contributed by atoms with Crippen molar-refractivity contribution in [3.63, 3.8) is 0 Å². The second-order valence-electron chi connectivity index (χ2n) is 4.65. The van der Waals surface area contributed by atoms with Crippen molar-refractivity contribution in [1.29, 1.82) is 0 Å². The van der Waals surface area contributed by atoms with Crippen LogP contribution in [0.2, 0.25) is 0 Å². The number of carbonyl (C=O) groups is 3. The summed E-state index contributed by atoms with van der Waals surface area (Å²) < 4.78 is 5.35. The average Bonchev–Trinajstić information content (AvgIpc) is 2.38. The highest BCUT2D eigenvalue weighted by atomic mass is 16.5. The van der Waals surface area contributed by atoms with E-state index in [0.717, 1.165) is 6.54 Å². The monoisotopic (exact) mass is 288 g/mol. The van der Waals surface area contributed by atoms with E-state index >= 15 is 0 Å². The van der Waals surface area contributed by atoms with Crippen molar-refractivity contribution < 1.29 is 29.3 Å². The summed E-state index contributed by atoms with van der Waals surface area (Å²) in [5.41, 5.74) is 0. The first-order valence-electron chi connectivity index (χ1n) is 6.55. The summed E-state index contributed by atoms with van der Waals surface area (Å²) in [6, 6.07) is -1.06. The summed E-state index contributed by atoms with van der Waals surface area (Å²) in [5, 5.41) is 23.0. The fraction of sp³-hybridized carbons (Fsp3) is 0.750. The van der Waals surface area contributed by atoms with Gasteiger partial charge in [-0.25, -0.2) is 4.79 Å². The zero-order chi connectivity index (χ0) is 15.0. The standard InChI is InChI=1S/C12H20N2O6/c15-10(6-8-7-13-4-5-20-8)14-9(12(18)19)2-1-3-11(16)17/h8-9,13H,1-7H2,(H,14,15)(H,16,17)(H,18,19)/t8?,9-/m1/s1. The number of carbonyl (C=O) groups excluding carboxylic acids is 1. The van der Waals surface area contributed by atoms with Crippen molar-refractivity contribution >= 4 is 17.8 Å². The van der Waals surface area contributed by atoms with Crippen LogP contribution < -0.4 is 10.6 Å². The highest BCUT2D eigenvalue weighted by Crippen LogP contribution is 2.05. The summed E-state index contributed by atoms with van der Waals surface area (Å²) in [5.74, 6) is -2.55. The van der Waals surface area contributed by atoms with E-state index in [-0.39, 0.29) is 31.8 Å². The van der Waals surface area contributed by atoms with E-state index in [1.165, 1.54) is 0 Å². The van der Waals surface area contributed by atoms with Gasteiger partial charge in [-0.1, -0.05) is 0 Å². The van der Waals surface area contributed by atoms with Gasteiger partial charge in [0.2, 0.25) is 5.91 Å². The van der Waals surface area contributed by atoms with Gasteiger partial charge in [-0.2, -0.15) is 0 Å². The Morgan fingerprint density at radius 3 is 2.65 bits per heavy atom. The molecule has 2 atom stereocenters. The van der Waals surface area contributed by atoms with Crippen LogP contribution in [0, 0.1) is 0 Å². The third-order valence-corrected chi connectivity index (χ3v) is 2.93. The van der Waals surface area contributed by atoms with Crippen molar-refractivity contribution in [2.75, 3.05) is 19.7 Å². The third-order valence-electron chi connectivity index (χ3n) is 2.93.